The van der Waals surface area contributed by atoms with Crippen molar-refractivity contribution in [3.8, 4) is 67.1 Å². The molecule has 0 saturated heterocycles. The Hall–Kier alpha value is -6.96. The van der Waals surface area contributed by atoms with Gasteiger partial charge in [0, 0.05) is 10.9 Å². The molecule has 0 radical (unpaired) electrons. The van der Waals surface area contributed by atoms with Crippen molar-refractivity contribution < 1.29 is 4.74 Å². The monoisotopic (exact) mass is 672 g/mol. The van der Waals surface area contributed by atoms with E-state index >= 15 is 0 Å². The van der Waals surface area contributed by atoms with E-state index in [1.807, 2.05) is 0 Å². The number of rotatable bonds is 4. The van der Waals surface area contributed by atoms with Crippen LogP contribution in [0.25, 0.3) is 98.7 Å². The maximum atomic E-state index is 6.60. The molecule has 10 aromatic rings. The summed E-state index contributed by atoms with van der Waals surface area (Å²) in [5, 5.41) is 9.92. The Balaban J connectivity index is 1.14. The summed E-state index contributed by atoms with van der Waals surface area (Å²) < 4.78 is 6.60. The molecule has 0 atom stereocenters. The molecule has 0 aliphatic carbocycles. The molecule has 53 heavy (non-hydrogen) atoms. The lowest BCUT2D eigenvalue weighted by Crippen LogP contribution is -1.98. The Morgan fingerprint density at radius 3 is 1.74 bits per heavy atom. The predicted octanol–water partition coefficient (Wildman–Crippen LogP) is 14.7. The standard InChI is InChI=1S/C52H32O/c1-3-13-33(14-4-1)36-26-29-47-46(32-36)44-24-12-23-41-39(28-30-48(53-47)51(41)44)37-18-11-19-38(31-37)49-42-21-9-10-22-43(42)50(35-16-5-2-6-17-35)52-40-20-8-7-15-34(40)25-27-45(49)52/h1-32H. The highest BCUT2D eigenvalue weighted by atomic mass is 16.5. The molecule has 0 spiro atoms. The molecule has 1 nitrogen and oxygen atoms in total. The van der Waals surface area contributed by atoms with E-state index < -0.39 is 0 Å². The van der Waals surface area contributed by atoms with Crippen LogP contribution in [0.2, 0.25) is 0 Å². The molecular weight excluding hydrogens is 641 g/mol. The first-order valence-corrected chi connectivity index (χ1v) is 18.3. The van der Waals surface area contributed by atoms with Crippen molar-refractivity contribution in [1.29, 1.82) is 0 Å². The van der Waals surface area contributed by atoms with E-state index in [9.17, 15) is 0 Å². The number of fused-ring (bicyclic) bond motifs is 6. The smallest absolute Gasteiger partial charge is 0.135 e. The molecule has 1 aliphatic heterocycles. The minimum Gasteiger partial charge on any atom is -0.456 e. The number of benzene rings is 10. The van der Waals surface area contributed by atoms with Crippen molar-refractivity contribution in [3.63, 3.8) is 0 Å². The molecule has 0 amide bonds. The lowest BCUT2D eigenvalue weighted by Gasteiger charge is -2.23. The van der Waals surface area contributed by atoms with Crippen LogP contribution in [0.3, 0.4) is 0 Å². The molecule has 0 unspecified atom stereocenters. The van der Waals surface area contributed by atoms with Crippen LogP contribution in [-0.2, 0) is 0 Å². The molecule has 11 rings (SSSR count). The third-order valence-corrected chi connectivity index (χ3v) is 11.0. The first-order valence-electron chi connectivity index (χ1n) is 18.3. The van der Waals surface area contributed by atoms with Crippen LogP contribution in [0.15, 0.2) is 194 Å². The number of hydrogen-bond donors (Lipinski definition) is 0. The molecule has 0 saturated carbocycles. The van der Waals surface area contributed by atoms with Crippen molar-refractivity contribution in [2.24, 2.45) is 0 Å². The van der Waals surface area contributed by atoms with E-state index in [0.29, 0.717) is 0 Å². The van der Waals surface area contributed by atoms with Crippen LogP contribution >= 0.6 is 0 Å². The Kier molecular flexibility index (Phi) is 6.62. The highest BCUT2D eigenvalue weighted by Crippen LogP contribution is 2.51. The second-order valence-electron chi connectivity index (χ2n) is 14.0. The van der Waals surface area contributed by atoms with Gasteiger partial charge in [0.1, 0.15) is 11.5 Å². The molecule has 0 aromatic heterocycles. The molecule has 246 valence electrons. The molecule has 0 N–H and O–H groups in total. The number of ether oxygens (including phenoxy) is 1. The van der Waals surface area contributed by atoms with E-state index in [1.165, 1.54) is 87.8 Å². The molecule has 0 fully saturated rings. The van der Waals surface area contributed by atoms with E-state index in [2.05, 4.69) is 194 Å². The van der Waals surface area contributed by atoms with Crippen molar-refractivity contribution in [2.75, 3.05) is 0 Å². The lowest BCUT2D eigenvalue weighted by atomic mass is 9.83. The maximum Gasteiger partial charge on any atom is 0.135 e. The molecule has 1 heteroatoms. The fraction of sp³-hybridized carbons (Fsp3) is 0. The summed E-state index contributed by atoms with van der Waals surface area (Å²) in [7, 11) is 0. The molecule has 1 heterocycles. The van der Waals surface area contributed by atoms with Crippen LogP contribution in [0.5, 0.6) is 11.5 Å². The average Bonchev–Trinajstić information content (AvgIpc) is 3.23. The molecular formula is C52H32O. The second-order valence-corrected chi connectivity index (χ2v) is 14.0. The average molecular weight is 673 g/mol. The zero-order chi connectivity index (χ0) is 34.9. The van der Waals surface area contributed by atoms with Crippen LogP contribution < -0.4 is 4.74 Å². The summed E-state index contributed by atoms with van der Waals surface area (Å²) in [5.41, 5.74) is 12.1. The largest absolute Gasteiger partial charge is 0.456 e. The lowest BCUT2D eigenvalue weighted by molar-refractivity contribution is 0.487. The SMILES string of the molecule is c1ccc(-c2ccc3c(c2)-c2cccc4c(-c5cccc(-c6c7ccccc7c(-c7ccccc7)c7c6ccc6ccccc67)c5)ccc(c24)O3)cc1. The zero-order valence-corrected chi connectivity index (χ0v) is 28.9. The highest BCUT2D eigenvalue weighted by molar-refractivity contribution is 6.28. The summed E-state index contributed by atoms with van der Waals surface area (Å²) in [6.45, 7) is 0. The highest BCUT2D eigenvalue weighted by Gasteiger charge is 2.23. The fourth-order valence-corrected chi connectivity index (χ4v) is 8.70. The van der Waals surface area contributed by atoms with Gasteiger partial charge in [-0.1, -0.05) is 170 Å². The van der Waals surface area contributed by atoms with Gasteiger partial charge in [0.15, 0.2) is 0 Å². The van der Waals surface area contributed by atoms with E-state index in [-0.39, 0.29) is 0 Å². The second kappa shape index (κ2) is 11.8. The van der Waals surface area contributed by atoms with Gasteiger partial charge in [-0.3, -0.25) is 0 Å². The summed E-state index contributed by atoms with van der Waals surface area (Å²) in [6, 6.07) is 70.5. The van der Waals surface area contributed by atoms with Crippen LogP contribution in [0.1, 0.15) is 0 Å². The van der Waals surface area contributed by atoms with Gasteiger partial charge in [-0.2, -0.15) is 0 Å². The Morgan fingerprint density at radius 2 is 0.906 bits per heavy atom. The minimum atomic E-state index is 0.893. The van der Waals surface area contributed by atoms with Crippen LogP contribution in [-0.4, -0.2) is 0 Å². The molecule has 1 aliphatic rings. The maximum absolute atomic E-state index is 6.60. The fourth-order valence-electron chi connectivity index (χ4n) is 8.70. The van der Waals surface area contributed by atoms with Gasteiger partial charge in [-0.25, -0.2) is 0 Å². The summed E-state index contributed by atoms with van der Waals surface area (Å²) in [4.78, 5) is 0. The predicted molar refractivity (Wildman–Crippen MR) is 224 cm³/mol. The van der Waals surface area contributed by atoms with Gasteiger partial charge in [-0.15, -0.1) is 0 Å². The summed E-state index contributed by atoms with van der Waals surface area (Å²) in [5.74, 6) is 1.79. The molecule has 10 aromatic carbocycles. The Bertz CT molecular complexity index is 3070. The van der Waals surface area contributed by atoms with Crippen molar-refractivity contribution >= 4 is 43.1 Å². The molecule has 0 bridgehead atoms. The van der Waals surface area contributed by atoms with Crippen molar-refractivity contribution in [2.45, 2.75) is 0 Å². The Morgan fingerprint density at radius 1 is 0.264 bits per heavy atom. The third kappa shape index (κ3) is 4.64. The van der Waals surface area contributed by atoms with Crippen molar-refractivity contribution in [3.05, 3.63) is 194 Å². The summed E-state index contributed by atoms with van der Waals surface area (Å²) in [6.07, 6.45) is 0. The first-order chi connectivity index (χ1) is 26.3. The van der Waals surface area contributed by atoms with E-state index in [1.54, 1.807) is 0 Å². The van der Waals surface area contributed by atoms with Gasteiger partial charge < -0.3 is 4.74 Å². The summed E-state index contributed by atoms with van der Waals surface area (Å²) >= 11 is 0. The van der Waals surface area contributed by atoms with E-state index in [0.717, 1.165) is 22.4 Å². The van der Waals surface area contributed by atoms with Gasteiger partial charge in [0.25, 0.3) is 0 Å². The van der Waals surface area contributed by atoms with Crippen molar-refractivity contribution in [1.82, 2.24) is 0 Å². The topological polar surface area (TPSA) is 9.23 Å². The van der Waals surface area contributed by atoms with Crippen LogP contribution in [0.4, 0.5) is 0 Å². The van der Waals surface area contributed by atoms with Crippen LogP contribution in [0, 0.1) is 0 Å². The number of hydrogen-bond acceptors (Lipinski definition) is 1. The van der Waals surface area contributed by atoms with Gasteiger partial charge in [0.05, 0.1) is 0 Å². The minimum absolute atomic E-state index is 0.893. The quantitative estimate of drug-likeness (QED) is 0.134. The Labute approximate surface area is 308 Å². The van der Waals surface area contributed by atoms with Gasteiger partial charge in [-0.05, 0) is 112 Å². The van der Waals surface area contributed by atoms with E-state index in [4.69, 9.17) is 4.74 Å². The third-order valence-electron chi connectivity index (χ3n) is 11.0. The zero-order valence-electron chi connectivity index (χ0n) is 28.9. The van der Waals surface area contributed by atoms with Gasteiger partial charge in [0.2, 0.25) is 0 Å². The van der Waals surface area contributed by atoms with Gasteiger partial charge >= 0.3 is 0 Å². The normalized spacial score (nSPS) is 11.9. The first kappa shape index (κ1) is 29.7.